The highest BCUT2D eigenvalue weighted by atomic mass is 35.5. The molecule has 2 bridgehead atoms. The number of hydrogen-bond acceptors (Lipinski definition) is 8. The van der Waals surface area contributed by atoms with Gasteiger partial charge in [-0.05, 0) is 97.3 Å². The maximum atomic E-state index is 14.0. The Labute approximate surface area is 293 Å². The van der Waals surface area contributed by atoms with Crippen molar-refractivity contribution in [3.05, 3.63) is 96.9 Å². The summed E-state index contributed by atoms with van der Waals surface area (Å²) in [7, 11) is 0. The monoisotopic (exact) mass is 721 g/mol. The number of aromatic nitrogens is 1. The van der Waals surface area contributed by atoms with Gasteiger partial charge in [0.05, 0.1) is 29.2 Å². The third-order valence-corrected chi connectivity index (χ3v) is 13.0. The second kappa shape index (κ2) is 12.3. The van der Waals surface area contributed by atoms with Crippen LogP contribution in [0.1, 0.15) is 29.7 Å². The molecule has 3 heterocycles. The highest BCUT2D eigenvalue weighted by Crippen LogP contribution is 2.68. The molecule has 1 aromatic heterocycles. The normalized spacial score (nSPS) is 26.6. The molecule has 246 valence electrons. The second-order valence-electron chi connectivity index (χ2n) is 12.4. The van der Waals surface area contributed by atoms with Crippen molar-refractivity contribution in [2.24, 2.45) is 29.6 Å². The Morgan fingerprint density at radius 3 is 2.31 bits per heavy atom. The molecule has 4 unspecified atom stereocenters. The van der Waals surface area contributed by atoms with Crippen molar-refractivity contribution < 1.29 is 23.9 Å². The number of fused-ring (bicyclic) bond motifs is 9. The van der Waals surface area contributed by atoms with E-state index < -0.39 is 11.8 Å². The number of ether oxygens (including phenoxy) is 2. The van der Waals surface area contributed by atoms with Crippen molar-refractivity contribution in [3.63, 3.8) is 0 Å². The summed E-state index contributed by atoms with van der Waals surface area (Å²) in [6.45, 7) is 2.01. The predicted molar refractivity (Wildman–Crippen MR) is 186 cm³/mol. The molecule has 4 aliphatic rings. The molecular formula is C35H29Cl2N3O6S2. The van der Waals surface area contributed by atoms with E-state index in [1.54, 1.807) is 66.4 Å². The van der Waals surface area contributed by atoms with Crippen molar-refractivity contribution >= 4 is 75.4 Å². The van der Waals surface area contributed by atoms with Gasteiger partial charge < -0.3 is 19.8 Å². The average molecular weight is 723 g/mol. The topological polar surface area (TPSA) is 118 Å². The summed E-state index contributed by atoms with van der Waals surface area (Å²) >= 11 is 14.9. The van der Waals surface area contributed by atoms with Crippen molar-refractivity contribution in [3.8, 4) is 11.5 Å². The van der Waals surface area contributed by atoms with E-state index in [-0.39, 0.29) is 58.1 Å². The Balaban J connectivity index is 1.10. The smallest absolute Gasteiger partial charge is 0.305 e. The molecule has 2 aliphatic heterocycles. The summed E-state index contributed by atoms with van der Waals surface area (Å²) in [4.78, 5) is 58.4. The van der Waals surface area contributed by atoms with Gasteiger partial charge in [0.25, 0.3) is 5.91 Å². The van der Waals surface area contributed by atoms with Crippen LogP contribution in [-0.4, -0.2) is 41.2 Å². The first kappa shape index (κ1) is 31.5. The van der Waals surface area contributed by atoms with Crippen LogP contribution in [0.5, 0.6) is 11.5 Å². The van der Waals surface area contributed by atoms with Gasteiger partial charge in [-0.15, -0.1) is 11.8 Å². The Hall–Kier alpha value is -3.77. The third kappa shape index (κ3) is 5.22. The summed E-state index contributed by atoms with van der Waals surface area (Å²) in [6.07, 6.45) is 0.779. The lowest BCUT2D eigenvalue weighted by atomic mass is 9.68. The summed E-state index contributed by atoms with van der Waals surface area (Å²) in [5, 5.41) is 4.76. The molecule has 4 aromatic rings. The van der Waals surface area contributed by atoms with Gasteiger partial charge in [-0.3, -0.25) is 24.1 Å². The number of imide groups is 1. The molecule has 9 nitrogen and oxygen atoms in total. The number of nitrogens with zero attached hydrogens (tertiary/aromatic N) is 1. The van der Waals surface area contributed by atoms with E-state index in [4.69, 9.17) is 32.7 Å². The summed E-state index contributed by atoms with van der Waals surface area (Å²) in [5.41, 5.74) is 2.07. The molecule has 3 aromatic carbocycles. The molecular weight excluding hydrogens is 693 g/mol. The van der Waals surface area contributed by atoms with Crippen LogP contribution in [0.4, 0.5) is 11.4 Å². The fourth-order valence-electron chi connectivity index (χ4n) is 8.21. The minimum Gasteiger partial charge on any atom is -0.490 e. The van der Waals surface area contributed by atoms with E-state index in [1.807, 2.05) is 19.1 Å². The Bertz CT molecular complexity index is 2000. The SMILES string of the molecule is CCOc1cc([C@H]2c3sc(=O)[nH]c3SC3C2[C@H]2C[C@@H]3C3C(=O)N(c4ccc(Cl)cc4)C(=O)C32)ccc1OCC(=O)Nc1ccc(Cl)cc1. The molecule has 2 aliphatic carbocycles. The average Bonchev–Trinajstić information content (AvgIpc) is 3.81. The lowest BCUT2D eigenvalue weighted by Crippen LogP contribution is -2.42. The van der Waals surface area contributed by atoms with Gasteiger partial charge in [-0.2, -0.15) is 0 Å². The first-order valence-corrected chi connectivity index (χ1v) is 18.1. The number of rotatable bonds is 8. The minimum atomic E-state index is -0.423. The van der Waals surface area contributed by atoms with E-state index in [0.29, 0.717) is 39.5 Å². The van der Waals surface area contributed by atoms with E-state index in [1.165, 1.54) is 16.2 Å². The van der Waals surface area contributed by atoms with Gasteiger partial charge in [0.1, 0.15) is 0 Å². The molecule has 3 amide bonds. The van der Waals surface area contributed by atoms with Crippen LogP contribution in [-0.2, 0) is 14.4 Å². The van der Waals surface area contributed by atoms with E-state index in [2.05, 4.69) is 10.3 Å². The predicted octanol–water partition coefficient (Wildman–Crippen LogP) is 6.84. The Kier molecular flexibility index (Phi) is 8.06. The summed E-state index contributed by atoms with van der Waals surface area (Å²) < 4.78 is 11.9. The van der Waals surface area contributed by atoms with E-state index in [9.17, 15) is 19.2 Å². The number of thiazole rings is 1. The number of carbonyl (C=O) groups is 3. The number of halogens is 2. The number of anilines is 2. The number of H-pyrrole nitrogens is 1. The van der Waals surface area contributed by atoms with Gasteiger partial charge in [0.15, 0.2) is 18.1 Å². The number of benzene rings is 3. The molecule has 1 saturated heterocycles. The van der Waals surface area contributed by atoms with Gasteiger partial charge >= 0.3 is 4.87 Å². The van der Waals surface area contributed by atoms with Crippen molar-refractivity contribution in [1.29, 1.82) is 0 Å². The lowest BCUT2D eigenvalue weighted by Gasteiger charge is -2.43. The number of thioether (sulfide) groups is 1. The lowest BCUT2D eigenvalue weighted by molar-refractivity contribution is -0.123. The van der Waals surface area contributed by atoms with Crippen molar-refractivity contribution in [2.75, 3.05) is 23.4 Å². The zero-order chi connectivity index (χ0) is 33.3. The zero-order valence-corrected chi connectivity index (χ0v) is 28.6. The number of nitrogens with one attached hydrogen (secondary N) is 2. The standard InChI is InChI=1S/C35H29Cl2N3O6S2/c1-2-45-24-13-16(3-12-23(24)46-15-25(41)38-19-8-4-17(36)5-9-19)26-27-21-14-22(30(27)47-32-31(26)48-35(44)39-32)29-28(21)33(42)40(34(29)43)20-10-6-18(37)7-11-20/h3-13,21-22,26-30H,2,14-15H2,1H3,(H,38,41)(H,39,44)/t21-,22-,26-,27?,28?,29?,30?/m1/s1. The number of amides is 3. The number of hydrogen-bond donors (Lipinski definition) is 2. The van der Waals surface area contributed by atoms with Crippen LogP contribution in [0.15, 0.2) is 76.6 Å². The van der Waals surface area contributed by atoms with E-state index in [0.717, 1.165) is 21.9 Å². The van der Waals surface area contributed by atoms with Crippen LogP contribution in [0.25, 0.3) is 0 Å². The molecule has 0 radical (unpaired) electrons. The maximum Gasteiger partial charge on any atom is 0.305 e. The molecule has 8 rings (SSSR count). The first-order valence-electron chi connectivity index (χ1n) is 15.7. The van der Waals surface area contributed by atoms with Crippen LogP contribution in [0.3, 0.4) is 0 Å². The molecule has 7 atom stereocenters. The summed E-state index contributed by atoms with van der Waals surface area (Å²) in [5.74, 6) is -0.784. The van der Waals surface area contributed by atoms with Crippen molar-refractivity contribution in [2.45, 2.75) is 29.5 Å². The highest BCUT2D eigenvalue weighted by molar-refractivity contribution is 8.00. The fraction of sp³-hybridized carbons (Fsp3) is 0.314. The summed E-state index contributed by atoms with van der Waals surface area (Å²) in [6, 6.07) is 19.3. The fourth-order valence-corrected chi connectivity index (χ4v) is 11.4. The molecule has 3 fully saturated rings. The highest BCUT2D eigenvalue weighted by Gasteiger charge is 2.69. The Morgan fingerprint density at radius 2 is 1.60 bits per heavy atom. The molecule has 48 heavy (non-hydrogen) atoms. The third-order valence-electron chi connectivity index (χ3n) is 9.92. The zero-order valence-electron chi connectivity index (χ0n) is 25.5. The van der Waals surface area contributed by atoms with Gasteiger partial charge in [-0.25, -0.2) is 0 Å². The second-order valence-corrected chi connectivity index (χ2v) is 15.5. The first-order chi connectivity index (χ1) is 23.2. The largest absolute Gasteiger partial charge is 0.490 e. The number of aromatic amines is 1. The molecule has 2 saturated carbocycles. The van der Waals surface area contributed by atoms with Crippen molar-refractivity contribution in [1.82, 2.24) is 4.98 Å². The molecule has 13 heteroatoms. The van der Waals surface area contributed by atoms with Crippen LogP contribution in [0.2, 0.25) is 10.0 Å². The van der Waals surface area contributed by atoms with Crippen LogP contribution < -0.4 is 24.6 Å². The van der Waals surface area contributed by atoms with Gasteiger partial charge in [0.2, 0.25) is 11.8 Å². The molecule has 2 N–H and O–H groups in total. The van der Waals surface area contributed by atoms with Gasteiger partial charge in [0, 0.05) is 31.8 Å². The van der Waals surface area contributed by atoms with Crippen LogP contribution in [0, 0.1) is 29.6 Å². The maximum absolute atomic E-state index is 14.0. The van der Waals surface area contributed by atoms with Gasteiger partial charge in [-0.1, -0.05) is 40.6 Å². The Morgan fingerprint density at radius 1 is 0.917 bits per heavy atom. The van der Waals surface area contributed by atoms with Crippen LogP contribution >= 0.6 is 46.3 Å². The minimum absolute atomic E-state index is 0.00377. The number of carbonyl (C=O) groups excluding carboxylic acids is 3. The molecule has 0 spiro atoms. The quantitative estimate of drug-likeness (QED) is 0.192. The van der Waals surface area contributed by atoms with E-state index >= 15 is 0 Å².